The van der Waals surface area contributed by atoms with Gasteiger partial charge in [0.2, 0.25) is 0 Å². The lowest BCUT2D eigenvalue weighted by Gasteiger charge is -2.26. The largest absolute Gasteiger partial charge is 0.467 e. The molecule has 1 atom stereocenters. The molecule has 2 saturated heterocycles. The number of para-hydroxylation sites is 1. The monoisotopic (exact) mass is 609 g/mol. The molecule has 0 spiro atoms. The number of nitrogens with one attached hydrogen (secondary N) is 1. The molecule has 2 aromatic carbocycles. The molecule has 0 aliphatic carbocycles. The molecule has 0 bridgehead atoms. The number of nitrogens with zero attached hydrogens (tertiary/aromatic N) is 5. The van der Waals surface area contributed by atoms with Crippen LogP contribution in [0.5, 0.6) is 6.01 Å². The van der Waals surface area contributed by atoms with Crippen molar-refractivity contribution in [3.8, 4) is 17.1 Å². The number of nitrogens with two attached hydrogens (primary N) is 1. The average molecular weight is 610 g/mol. The summed E-state index contributed by atoms with van der Waals surface area (Å²) < 4.78 is 55.6. The van der Waals surface area contributed by atoms with Gasteiger partial charge >= 0.3 is 6.01 Å². The summed E-state index contributed by atoms with van der Waals surface area (Å²) >= 11 is 7.84. The average Bonchev–Trinajstić information content (AvgIpc) is 3.49. The highest BCUT2D eigenvalue weighted by molar-refractivity contribution is 7.22. The van der Waals surface area contributed by atoms with Crippen LogP contribution in [0.25, 0.3) is 32.2 Å². The van der Waals surface area contributed by atoms with E-state index in [1.54, 1.807) is 19.2 Å². The van der Waals surface area contributed by atoms with Crippen molar-refractivity contribution < 1.29 is 22.6 Å². The Balaban J connectivity index is 0.000000365. The fourth-order valence-corrected chi connectivity index (χ4v) is 6.13. The molecule has 14 heteroatoms. The van der Waals surface area contributed by atoms with Crippen LogP contribution in [0.4, 0.5) is 24.1 Å². The second-order valence-corrected chi connectivity index (χ2v) is 11.5. The van der Waals surface area contributed by atoms with Crippen molar-refractivity contribution in [1.29, 1.82) is 0 Å². The van der Waals surface area contributed by atoms with Gasteiger partial charge in [-0.25, -0.2) is 18.2 Å². The molecule has 2 fully saturated rings. The van der Waals surface area contributed by atoms with Crippen LogP contribution in [0.3, 0.4) is 0 Å². The van der Waals surface area contributed by atoms with Crippen LogP contribution >= 0.6 is 22.9 Å². The quantitative estimate of drug-likeness (QED) is 0.342. The third-order valence-electron chi connectivity index (χ3n) is 7.08. The molecule has 1 unspecified atom stereocenters. The topological polar surface area (TPSA) is 102 Å². The Morgan fingerprint density at radius 3 is 2.66 bits per heavy atom. The highest BCUT2D eigenvalue weighted by Crippen LogP contribution is 2.42. The smallest absolute Gasteiger partial charge is 0.318 e. The molecule has 4 heterocycles. The van der Waals surface area contributed by atoms with Crippen LogP contribution < -0.4 is 20.7 Å². The lowest BCUT2D eigenvalue weighted by molar-refractivity contribution is 0.0156. The van der Waals surface area contributed by atoms with Crippen LogP contribution in [-0.4, -0.2) is 92.4 Å². The van der Waals surface area contributed by atoms with Gasteiger partial charge in [-0.05, 0) is 25.6 Å². The lowest BCUT2D eigenvalue weighted by Crippen LogP contribution is -2.39. The van der Waals surface area contributed by atoms with Gasteiger partial charge < -0.3 is 30.3 Å². The van der Waals surface area contributed by atoms with Gasteiger partial charge in [0.05, 0.1) is 41.5 Å². The number of likely N-dealkylation sites (N-methyl/N-ethyl adjacent to an activating group) is 1. The summed E-state index contributed by atoms with van der Waals surface area (Å²) in [6, 6.07) is 6.64. The number of hydrogen-bond acceptors (Lipinski definition) is 10. The first-order chi connectivity index (χ1) is 19.6. The molecule has 3 N–H and O–H groups in total. The molecule has 2 aliphatic rings. The Kier molecular flexibility index (Phi) is 8.71. The molecule has 220 valence electrons. The third kappa shape index (κ3) is 6.28. The van der Waals surface area contributed by atoms with Gasteiger partial charge in [0.1, 0.15) is 11.3 Å². The van der Waals surface area contributed by atoms with E-state index in [0.29, 0.717) is 28.9 Å². The second kappa shape index (κ2) is 12.1. The number of anilines is 2. The van der Waals surface area contributed by atoms with E-state index < -0.39 is 24.8 Å². The Morgan fingerprint density at radius 2 is 1.98 bits per heavy atom. The van der Waals surface area contributed by atoms with Crippen molar-refractivity contribution in [2.24, 2.45) is 0 Å². The third-order valence-corrected chi connectivity index (χ3v) is 8.22. The van der Waals surface area contributed by atoms with Crippen LogP contribution in [0, 0.1) is 5.82 Å². The number of thiazole rings is 1. The van der Waals surface area contributed by atoms with E-state index in [1.807, 2.05) is 6.07 Å². The van der Waals surface area contributed by atoms with Crippen LogP contribution in [0.1, 0.15) is 6.42 Å². The number of likely N-dealkylation sites (tertiary alicyclic amines) is 1. The minimum atomic E-state index is -3.00. The van der Waals surface area contributed by atoms with Crippen molar-refractivity contribution >= 4 is 55.0 Å². The van der Waals surface area contributed by atoms with E-state index in [1.165, 1.54) is 42.4 Å². The molecule has 0 radical (unpaired) electrons. The minimum Gasteiger partial charge on any atom is -0.467 e. The normalized spacial score (nSPS) is 19.3. The highest BCUT2D eigenvalue weighted by atomic mass is 35.5. The predicted octanol–water partition coefficient (Wildman–Crippen LogP) is 4.67. The molecular weight excluding hydrogens is 579 g/mol. The summed E-state index contributed by atoms with van der Waals surface area (Å²) in [7, 11) is 5.24. The molecule has 0 saturated carbocycles. The van der Waals surface area contributed by atoms with Gasteiger partial charge in [0.15, 0.2) is 10.9 Å². The first-order valence-electron chi connectivity index (χ1n) is 13.0. The molecule has 0 amide bonds. The van der Waals surface area contributed by atoms with Crippen LogP contribution in [-0.2, 0) is 4.74 Å². The van der Waals surface area contributed by atoms with E-state index in [9.17, 15) is 8.78 Å². The Bertz CT molecular complexity index is 1560. The van der Waals surface area contributed by atoms with Crippen molar-refractivity contribution in [2.75, 3.05) is 71.2 Å². The summed E-state index contributed by atoms with van der Waals surface area (Å²) in [6.07, 6.45) is 1.70. The molecule has 2 aromatic heterocycles. The molecule has 4 aromatic rings. The zero-order valence-electron chi connectivity index (χ0n) is 22.9. The van der Waals surface area contributed by atoms with E-state index in [2.05, 4.69) is 32.2 Å². The fourth-order valence-electron chi connectivity index (χ4n) is 5.07. The summed E-state index contributed by atoms with van der Waals surface area (Å²) in [6.45, 7) is 1.81. The van der Waals surface area contributed by atoms with Gasteiger partial charge in [0, 0.05) is 49.8 Å². The van der Waals surface area contributed by atoms with Crippen LogP contribution in [0.2, 0.25) is 5.02 Å². The number of alkyl halides is 2. The first kappa shape index (κ1) is 29.5. The molecule has 9 nitrogen and oxygen atoms in total. The van der Waals surface area contributed by atoms with E-state index >= 15 is 4.39 Å². The standard InChI is InChI=1S/C21H18ClF3N6OS.C6H13NO/c1-32-20-29-17-11(18(30-20)31-6-5-27-8-21(24,25)9-31)7-12(22)14(15(17)23)10-3-2-4-13-16(10)28-19(26)33-13;1-7-4-3-6(5-7)8-2/h2-4,7,27H,5-6,8-9H2,1H3,(H2,26,28);6H,3-5H2,1-2H3. The van der Waals surface area contributed by atoms with Crippen molar-refractivity contribution in [1.82, 2.24) is 25.2 Å². The SMILES string of the molecule is COC1CCN(C)C1.COc1nc(N2CCNCC(F)(F)C2)c2cc(Cl)c(-c3cccc4sc(N)nc34)c(F)c2n1. The maximum atomic E-state index is 16.0. The van der Waals surface area contributed by atoms with Crippen molar-refractivity contribution in [3.05, 3.63) is 35.1 Å². The summed E-state index contributed by atoms with van der Waals surface area (Å²) in [4.78, 5) is 16.4. The number of nitrogen functional groups attached to an aromatic ring is 1. The number of halogens is 4. The molecule has 41 heavy (non-hydrogen) atoms. The first-order valence-corrected chi connectivity index (χ1v) is 14.2. The maximum absolute atomic E-state index is 16.0. The number of rotatable bonds is 4. The molecule has 2 aliphatic heterocycles. The second-order valence-electron chi connectivity index (χ2n) is 10.0. The number of aromatic nitrogens is 3. The lowest BCUT2D eigenvalue weighted by atomic mass is 10.0. The van der Waals surface area contributed by atoms with Gasteiger partial charge in [-0.2, -0.15) is 9.97 Å². The Morgan fingerprint density at radius 1 is 1.17 bits per heavy atom. The molecule has 6 rings (SSSR count). The Hall–Kier alpha value is -2.97. The van der Waals surface area contributed by atoms with Crippen molar-refractivity contribution in [3.63, 3.8) is 0 Å². The highest BCUT2D eigenvalue weighted by Gasteiger charge is 2.35. The minimum absolute atomic E-state index is 0.0776. The maximum Gasteiger partial charge on any atom is 0.318 e. The zero-order valence-corrected chi connectivity index (χ0v) is 24.5. The number of methoxy groups -OCH3 is 2. The number of benzene rings is 2. The zero-order chi connectivity index (χ0) is 29.3. The van der Waals surface area contributed by atoms with E-state index in [0.717, 1.165) is 11.2 Å². The van der Waals surface area contributed by atoms with Crippen LogP contribution in [0.15, 0.2) is 24.3 Å². The summed E-state index contributed by atoms with van der Waals surface area (Å²) in [5, 5.41) is 3.34. The predicted molar refractivity (Wildman–Crippen MR) is 157 cm³/mol. The summed E-state index contributed by atoms with van der Waals surface area (Å²) in [5.74, 6) is -3.59. The molecular formula is C27H31ClF3N7O2S. The van der Waals surface area contributed by atoms with Gasteiger partial charge in [-0.15, -0.1) is 0 Å². The van der Waals surface area contributed by atoms with E-state index in [4.69, 9.17) is 26.8 Å². The van der Waals surface area contributed by atoms with Crippen molar-refractivity contribution in [2.45, 2.75) is 18.4 Å². The van der Waals surface area contributed by atoms with Gasteiger partial charge in [0.25, 0.3) is 5.92 Å². The number of fused-ring (bicyclic) bond motifs is 2. The summed E-state index contributed by atoms with van der Waals surface area (Å²) in [5.41, 5.74) is 6.82. The number of ether oxygens (including phenoxy) is 2. The van der Waals surface area contributed by atoms with E-state index in [-0.39, 0.29) is 39.9 Å². The fraction of sp³-hybridized carbons (Fsp3) is 0.444. The van der Waals surface area contributed by atoms with Gasteiger partial charge in [-0.1, -0.05) is 35.1 Å². The van der Waals surface area contributed by atoms with Gasteiger partial charge in [-0.3, -0.25) is 0 Å². The number of hydrogen-bond donors (Lipinski definition) is 2. The Labute approximate surface area is 244 Å².